The fourth-order valence-corrected chi connectivity index (χ4v) is 21.6. The summed E-state index contributed by atoms with van der Waals surface area (Å²) in [6, 6.07) is 8.80. The highest BCUT2D eigenvalue weighted by Crippen LogP contribution is 2.38. The first-order valence-corrected chi connectivity index (χ1v) is 56.7. The molecule has 4 aromatic heterocycles. The maximum atomic E-state index is 12.4. The monoisotopic (exact) mass is 2060 g/mol. The molecule has 0 aromatic carbocycles. The standard InChI is InChI=1S/C18H31N3O2S.C17H29N3O2S.4C16H27N3O3S/c1-12(2)21(13(3)4)16-8-9-20(15(7)19-16)17-11-24-18(23-17)10-22-14(5)6;1-7-19(12(2)3)15-8-9-20(14(6)18-15)16-11-23-17(22-16)10-21-13(4)5;1-5-8-18(6-2)13-7-9-19(16(20)17-13)14-11-23-15(22-14)10-21-12(3)4;1-4-8-18(9-5-2)13-7-10-19(16(20)17-13)14-12-23-15(22-14)11-21-6-3;1-4-7-10-21-11-15-22-14(12-23-15)19-9-8-13(17-16(19)20)18(5-2)6-3;1-4-7-9-18(5-2)13-8-10-19(16(20)17-13)14-12-23-15(22-14)11-21-6-3/h8-9,12-14,17-18H,7,10-11H2,1-6H3;8-9,12-13,16-17H,6-7,10-11H2,1-5H3;7,9,12,14-15H,5-6,8,10-11H2,1-4H3;7,10,14-15H,4-6,8-9,11-12H2,1-3H3;8-9,14-15H,4-7,10-12H2,1-3H3;8,10,14-15H,4-7,9,11-12H2,1-3H3/t17-,18+;16-,17+;4*14-,15+/m111111/s1. The minimum atomic E-state index is -0.268. The number of likely N-dealkylation sites (N-methyl/N-ethyl adjacent to an activating group) is 1. The van der Waals surface area contributed by atoms with Crippen molar-refractivity contribution in [2.24, 2.45) is 9.98 Å². The van der Waals surface area contributed by atoms with Crippen molar-refractivity contribution >= 4 is 106 Å². The van der Waals surface area contributed by atoms with E-state index >= 15 is 0 Å². The molecule has 4 aromatic rings. The van der Waals surface area contributed by atoms with Crippen LogP contribution in [0.1, 0.15) is 236 Å². The molecule has 0 saturated carbocycles. The van der Waals surface area contributed by atoms with Crippen LogP contribution in [0.5, 0.6) is 0 Å². The molecule has 6 fully saturated rings. The van der Waals surface area contributed by atoms with Crippen LogP contribution in [0, 0.1) is 0 Å². The number of anilines is 4. The van der Waals surface area contributed by atoms with Crippen molar-refractivity contribution in [3.05, 3.63) is 140 Å². The van der Waals surface area contributed by atoms with Gasteiger partial charge in [0.2, 0.25) is 0 Å². The summed E-state index contributed by atoms with van der Waals surface area (Å²) in [5.74, 6) is 11.1. The molecule has 12 heterocycles. The number of ether oxygens (including phenoxy) is 12. The molecule has 0 aliphatic carbocycles. The molecule has 0 bridgehead atoms. The van der Waals surface area contributed by atoms with E-state index in [0.717, 1.165) is 192 Å². The van der Waals surface area contributed by atoms with Gasteiger partial charge < -0.3 is 96.0 Å². The summed E-state index contributed by atoms with van der Waals surface area (Å²) in [6.07, 6.45) is 22.4. The van der Waals surface area contributed by atoms with Crippen LogP contribution in [0.15, 0.2) is 128 Å². The van der Waals surface area contributed by atoms with Crippen LogP contribution >= 0.6 is 70.6 Å². The van der Waals surface area contributed by atoms with E-state index in [0.29, 0.717) is 71.0 Å². The minimum Gasteiger partial charge on any atom is -0.378 e. The van der Waals surface area contributed by atoms with E-state index in [-0.39, 0.29) is 111 Å². The second kappa shape index (κ2) is 64.7. The lowest BCUT2D eigenvalue weighted by molar-refractivity contribution is -0.0491. The molecule has 0 N–H and O–H groups in total. The highest BCUT2D eigenvalue weighted by Gasteiger charge is 2.37. The van der Waals surface area contributed by atoms with Crippen LogP contribution in [-0.4, -0.2) is 304 Å². The van der Waals surface area contributed by atoms with Gasteiger partial charge in [0.25, 0.3) is 0 Å². The van der Waals surface area contributed by atoms with E-state index in [4.69, 9.17) is 61.8 Å². The van der Waals surface area contributed by atoms with Gasteiger partial charge in [0.05, 0.1) is 58.0 Å². The molecule has 6 saturated heterocycles. The van der Waals surface area contributed by atoms with Gasteiger partial charge in [-0.05, 0) is 200 Å². The lowest BCUT2D eigenvalue weighted by Crippen LogP contribution is -2.43. The molecule has 12 atom stereocenters. The van der Waals surface area contributed by atoms with Crippen LogP contribution in [0.3, 0.4) is 0 Å². The number of aromatic nitrogens is 8. The van der Waals surface area contributed by atoms with Gasteiger partial charge in [-0.3, -0.25) is 18.3 Å². The number of rotatable bonds is 47. The zero-order valence-corrected chi connectivity index (χ0v) is 92.6. The summed E-state index contributed by atoms with van der Waals surface area (Å²) < 4.78 is 75.2. The molecule has 40 heteroatoms. The SMILES string of the molecule is C=C1N=C(N(C(C)C)C(C)C)C=CN1[C@H]1CS[C@@H](COC(C)C)O1.C=C1N=C(N(CC)C(C)C)C=CN1[C@H]1CS[C@@H](COC(C)C)O1.CCCCN(CC)c1ccn([C@H]2CS[C@@H](COCC)O2)c(=O)n1.CCCCOC[C@H]1O[C@@H](n2ccc(N(CC)CC)nc2=O)CS1.CCCN(CC)c1ccn([C@H]2CS[C@@H](COC(C)C)O2)c(=O)n1.CCCN(CCC)c1ccn([C@H]2CS[C@@H](COCC)O2)c(=O)n1. The van der Waals surface area contributed by atoms with E-state index in [9.17, 15) is 19.2 Å². The molecule has 139 heavy (non-hydrogen) atoms. The molecule has 12 rings (SSSR count). The number of hydrogen-bond donors (Lipinski definition) is 0. The summed E-state index contributed by atoms with van der Waals surface area (Å²) >= 11 is 10.3. The largest absolute Gasteiger partial charge is 0.378 e. The van der Waals surface area contributed by atoms with Crippen LogP contribution < -0.4 is 42.4 Å². The Hall–Kier alpha value is -6.16. The van der Waals surface area contributed by atoms with Crippen molar-refractivity contribution in [3.8, 4) is 0 Å². The van der Waals surface area contributed by atoms with E-state index < -0.39 is 0 Å². The van der Waals surface area contributed by atoms with Crippen molar-refractivity contribution in [2.75, 3.05) is 172 Å². The first-order chi connectivity index (χ1) is 66.8. The summed E-state index contributed by atoms with van der Waals surface area (Å²) in [5, 5.41) is 0. The maximum absolute atomic E-state index is 12.4. The number of hydrogen-bond acceptors (Lipinski definition) is 36. The van der Waals surface area contributed by atoms with E-state index in [1.165, 1.54) is 0 Å². The number of thioether (sulfide) groups is 6. The van der Waals surface area contributed by atoms with Crippen molar-refractivity contribution in [3.63, 3.8) is 0 Å². The van der Waals surface area contributed by atoms with Gasteiger partial charge in [0.1, 0.15) is 117 Å². The lowest BCUT2D eigenvalue weighted by Gasteiger charge is -2.36. The summed E-state index contributed by atoms with van der Waals surface area (Å²) in [6.45, 7) is 72.0. The Kier molecular flexibility index (Phi) is 55.7. The van der Waals surface area contributed by atoms with Gasteiger partial charge >= 0.3 is 22.8 Å². The fourth-order valence-electron chi connectivity index (χ4n) is 15.5. The second-order valence-electron chi connectivity index (χ2n) is 35.3. The van der Waals surface area contributed by atoms with Crippen LogP contribution in [0.2, 0.25) is 0 Å². The molecule has 8 aliphatic rings. The molecule has 8 aliphatic heterocycles. The van der Waals surface area contributed by atoms with Crippen molar-refractivity contribution in [2.45, 2.75) is 318 Å². The second-order valence-corrected chi connectivity index (χ2v) is 42.4. The number of amidine groups is 2. The van der Waals surface area contributed by atoms with Gasteiger partial charge in [-0.15, -0.1) is 70.6 Å². The zero-order valence-electron chi connectivity index (χ0n) is 87.7. The van der Waals surface area contributed by atoms with Gasteiger partial charge in [-0.25, -0.2) is 29.2 Å². The van der Waals surface area contributed by atoms with E-state index in [2.05, 4.69) is 184 Å². The Bertz CT molecular complexity index is 4570. The molecule has 0 spiro atoms. The smallest absolute Gasteiger partial charge is 0.351 e. The van der Waals surface area contributed by atoms with Gasteiger partial charge in [0.15, 0.2) is 0 Å². The summed E-state index contributed by atoms with van der Waals surface area (Å²) in [5.41, 5.74) is -0.912. The Labute approximate surface area is 854 Å². The number of nitrogens with zero attached hydrogens (tertiary/aromatic N) is 18. The van der Waals surface area contributed by atoms with Gasteiger partial charge in [0, 0.05) is 169 Å². The van der Waals surface area contributed by atoms with E-state index in [1.807, 2.05) is 108 Å². The van der Waals surface area contributed by atoms with Crippen LogP contribution in [0.4, 0.5) is 23.3 Å². The predicted molar refractivity (Wildman–Crippen MR) is 576 cm³/mol. The fraction of sp³-hybridized carbons (Fsp3) is 0.737. The Balaban J connectivity index is 0.000000227. The molecule has 34 nitrogen and oxygen atoms in total. The molecular weight excluding hydrogens is 1890 g/mol. The van der Waals surface area contributed by atoms with Crippen molar-refractivity contribution in [1.82, 2.24) is 57.8 Å². The van der Waals surface area contributed by atoms with Crippen molar-refractivity contribution in [1.29, 1.82) is 0 Å². The van der Waals surface area contributed by atoms with Gasteiger partial charge in [-0.2, -0.15) is 19.9 Å². The molecular formula is C99H168N18O16S6. The third-order valence-corrected chi connectivity index (χ3v) is 29.2. The third-order valence-electron chi connectivity index (χ3n) is 22.6. The topological polar surface area (TPSA) is 301 Å². The Morgan fingerprint density at radius 2 is 0.662 bits per heavy atom. The number of aliphatic imine (C=N–C) groups is 2. The third kappa shape index (κ3) is 39.3. The molecule has 0 unspecified atom stereocenters. The maximum Gasteiger partial charge on any atom is 0.351 e. The Morgan fingerprint density at radius 1 is 0.360 bits per heavy atom. The predicted octanol–water partition coefficient (Wildman–Crippen LogP) is 16.9. The first kappa shape index (κ1) is 120. The van der Waals surface area contributed by atoms with Crippen LogP contribution in [0.25, 0.3) is 0 Å². The number of unbranched alkanes of at least 4 members (excludes halogenated alkanes) is 2. The highest BCUT2D eigenvalue weighted by molar-refractivity contribution is 8.01. The zero-order chi connectivity index (χ0) is 102. The Morgan fingerprint density at radius 3 is 0.964 bits per heavy atom. The van der Waals surface area contributed by atoms with Crippen LogP contribution in [-0.2, 0) is 56.8 Å². The summed E-state index contributed by atoms with van der Waals surface area (Å²) in [4.78, 5) is 92.6. The highest BCUT2D eigenvalue weighted by atomic mass is 32.2. The normalized spacial score (nSPS) is 22.1. The molecule has 786 valence electrons. The summed E-state index contributed by atoms with van der Waals surface area (Å²) in [7, 11) is 0. The first-order valence-electron chi connectivity index (χ1n) is 50.4. The minimum absolute atomic E-state index is 0.00813. The average molecular weight is 2060 g/mol. The molecule has 0 radical (unpaired) electrons. The quantitative estimate of drug-likeness (QED) is 0.0371. The van der Waals surface area contributed by atoms with E-state index in [1.54, 1.807) is 114 Å². The molecule has 0 amide bonds. The lowest BCUT2D eigenvalue weighted by atomic mass is 10.2. The average Bonchev–Trinajstić information content (AvgIpc) is 1.64. The van der Waals surface area contributed by atoms with Gasteiger partial charge in [-0.1, -0.05) is 60.6 Å². The van der Waals surface area contributed by atoms with Crippen molar-refractivity contribution < 1.29 is 56.8 Å².